The van der Waals surface area contributed by atoms with Gasteiger partial charge in [0, 0.05) is 18.7 Å². The molecule has 1 heterocycles. The number of esters is 1. The number of unbranched alkanes of at least 4 members (excludes halogenated alkanes) is 1. The van der Waals surface area contributed by atoms with Crippen LogP contribution in [-0.2, 0) is 9.53 Å². The molecule has 0 radical (unpaired) electrons. The Balaban J connectivity index is 2.51. The molecule has 5 atom stereocenters. The standard InChI is InChI=1S/C27H45NO2S/c1-18(2)21(5)23(7)22(6)19(3)14-12-10-11-13-15-27(30-25(9)29)20(4)16-26-17-31-24(8)28-26/h11,13,16-19,21-23,27H,10,12,14-15H2,1-9H3/b13-11-,20-16+/t19-,21?,22-,23-,27-/m0/s1. The summed E-state index contributed by atoms with van der Waals surface area (Å²) >= 11 is 1.63. The number of thiazole rings is 1. The lowest BCUT2D eigenvalue weighted by Crippen LogP contribution is -2.25. The second kappa shape index (κ2) is 13.9. The van der Waals surface area contributed by atoms with E-state index >= 15 is 0 Å². The molecule has 4 heteroatoms. The van der Waals surface area contributed by atoms with E-state index in [1.165, 1.54) is 19.8 Å². The van der Waals surface area contributed by atoms with E-state index in [2.05, 4.69) is 58.7 Å². The van der Waals surface area contributed by atoms with Gasteiger partial charge in [0.15, 0.2) is 0 Å². The van der Waals surface area contributed by atoms with Crippen molar-refractivity contribution in [1.29, 1.82) is 0 Å². The first-order chi connectivity index (χ1) is 14.5. The van der Waals surface area contributed by atoms with Crippen molar-refractivity contribution in [3.05, 3.63) is 33.8 Å². The summed E-state index contributed by atoms with van der Waals surface area (Å²) in [5.41, 5.74) is 1.96. The fourth-order valence-corrected chi connectivity index (χ4v) is 4.63. The SMILES string of the molecule is CC(=O)O[C@@H](C/C=C\CCC[C@H](C)[C@H](C)[C@@H](C)C(C)C(C)C)/C(C)=C/c1csc(C)n1. The molecule has 0 aliphatic carbocycles. The van der Waals surface area contributed by atoms with Crippen molar-refractivity contribution in [1.82, 2.24) is 4.98 Å². The van der Waals surface area contributed by atoms with Crippen molar-refractivity contribution in [2.75, 3.05) is 0 Å². The molecule has 0 bridgehead atoms. The summed E-state index contributed by atoms with van der Waals surface area (Å²) < 4.78 is 5.55. The lowest BCUT2D eigenvalue weighted by molar-refractivity contribution is -0.144. The first-order valence-electron chi connectivity index (χ1n) is 11.9. The maximum atomic E-state index is 11.5. The van der Waals surface area contributed by atoms with Crippen LogP contribution in [0.2, 0.25) is 0 Å². The van der Waals surface area contributed by atoms with Crippen LogP contribution in [0.1, 0.15) is 91.8 Å². The van der Waals surface area contributed by atoms with Crippen LogP contribution in [0.25, 0.3) is 6.08 Å². The molecule has 176 valence electrons. The number of hydrogen-bond acceptors (Lipinski definition) is 4. The predicted molar refractivity (Wildman–Crippen MR) is 135 cm³/mol. The van der Waals surface area contributed by atoms with Crippen LogP contribution in [0.15, 0.2) is 23.1 Å². The molecule has 1 aromatic heterocycles. The summed E-state index contributed by atoms with van der Waals surface area (Å²) in [5, 5.41) is 3.07. The van der Waals surface area contributed by atoms with Crippen molar-refractivity contribution in [2.45, 2.75) is 94.1 Å². The summed E-state index contributed by atoms with van der Waals surface area (Å²) in [4.78, 5) is 16.0. The molecule has 0 saturated heterocycles. The zero-order valence-electron chi connectivity index (χ0n) is 21.3. The van der Waals surface area contributed by atoms with Gasteiger partial charge in [-0.15, -0.1) is 11.3 Å². The van der Waals surface area contributed by atoms with Gasteiger partial charge in [0.1, 0.15) is 6.10 Å². The molecule has 1 unspecified atom stereocenters. The second-order valence-corrected chi connectivity index (χ2v) is 10.8. The van der Waals surface area contributed by atoms with E-state index in [4.69, 9.17) is 4.74 Å². The van der Waals surface area contributed by atoms with Gasteiger partial charge in [-0.3, -0.25) is 4.79 Å². The summed E-state index contributed by atoms with van der Waals surface area (Å²) in [6.45, 7) is 19.8. The average molecular weight is 448 g/mol. The molecule has 3 nitrogen and oxygen atoms in total. The topological polar surface area (TPSA) is 39.2 Å². The van der Waals surface area contributed by atoms with Crippen LogP contribution in [0.4, 0.5) is 0 Å². The number of rotatable bonds is 13. The molecular formula is C27H45NO2S. The van der Waals surface area contributed by atoms with Gasteiger partial charge in [-0.05, 0) is 67.9 Å². The number of aryl methyl sites for hydroxylation is 1. The van der Waals surface area contributed by atoms with Crippen molar-refractivity contribution >= 4 is 23.4 Å². The molecule has 0 aliphatic rings. The minimum Gasteiger partial charge on any atom is -0.458 e. The monoisotopic (exact) mass is 447 g/mol. The number of aromatic nitrogens is 1. The first-order valence-corrected chi connectivity index (χ1v) is 12.8. The fourth-order valence-electron chi connectivity index (χ4n) is 4.06. The Hall–Kier alpha value is -1.42. The zero-order chi connectivity index (χ0) is 23.6. The molecule has 0 saturated carbocycles. The minimum atomic E-state index is -0.242. The lowest BCUT2D eigenvalue weighted by Gasteiger charge is -2.32. The average Bonchev–Trinajstić information content (AvgIpc) is 3.11. The van der Waals surface area contributed by atoms with Crippen LogP contribution < -0.4 is 0 Å². The van der Waals surface area contributed by atoms with E-state index in [0.717, 1.165) is 52.3 Å². The third-order valence-corrected chi connectivity index (χ3v) is 7.78. The lowest BCUT2D eigenvalue weighted by atomic mass is 9.73. The molecule has 0 N–H and O–H groups in total. The quantitative estimate of drug-likeness (QED) is 0.174. The predicted octanol–water partition coefficient (Wildman–Crippen LogP) is 8.10. The van der Waals surface area contributed by atoms with Crippen molar-refractivity contribution in [2.24, 2.45) is 29.6 Å². The van der Waals surface area contributed by atoms with Crippen LogP contribution in [0, 0.1) is 36.5 Å². The normalized spacial score (nSPS) is 17.5. The summed E-state index contributed by atoms with van der Waals surface area (Å²) in [6, 6.07) is 0. The maximum absolute atomic E-state index is 11.5. The van der Waals surface area contributed by atoms with Gasteiger partial charge in [0.05, 0.1) is 10.7 Å². The van der Waals surface area contributed by atoms with Gasteiger partial charge in [0.25, 0.3) is 0 Å². The van der Waals surface area contributed by atoms with Gasteiger partial charge < -0.3 is 4.74 Å². The Morgan fingerprint density at radius 2 is 1.74 bits per heavy atom. The molecule has 0 aliphatic heterocycles. The van der Waals surface area contributed by atoms with Crippen LogP contribution >= 0.6 is 11.3 Å². The van der Waals surface area contributed by atoms with Crippen molar-refractivity contribution < 1.29 is 9.53 Å². The van der Waals surface area contributed by atoms with E-state index in [9.17, 15) is 4.79 Å². The third-order valence-electron chi connectivity index (χ3n) is 6.98. The molecular weight excluding hydrogens is 402 g/mol. The van der Waals surface area contributed by atoms with E-state index in [0.29, 0.717) is 6.42 Å². The van der Waals surface area contributed by atoms with Crippen LogP contribution in [0.3, 0.4) is 0 Å². The molecule has 0 aromatic carbocycles. The van der Waals surface area contributed by atoms with Crippen molar-refractivity contribution in [3.8, 4) is 0 Å². The summed E-state index contributed by atoms with van der Waals surface area (Å²) in [5.74, 6) is 3.51. The Labute approximate surface area is 195 Å². The largest absolute Gasteiger partial charge is 0.458 e. The highest BCUT2D eigenvalue weighted by Gasteiger charge is 2.25. The molecule has 1 aromatic rings. The summed E-state index contributed by atoms with van der Waals surface area (Å²) in [7, 11) is 0. The Morgan fingerprint density at radius 3 is 2.29 bits per heavy atom. The van der Waals surface area contributed by atoms with E-state index in [1.807, 2.05) is 25.3 Å². The van der Waals surface area contributed by atoms with E-state index < -0.39 is 0 Å². The molecule has 0 fully saturated rings. The van der Waals surface area contributed by atoms with E-state index in [-0.39, 0.29) is 12.1 Å². The fraction of sp³-hybridized carbons (Fsp3) is 0.704. The Kier molecular flexibility index (Phi) is 12.4. The van der Waals surface area contributed by atoms with Crippen LogP contribution in [-0.4, -0.2) is 17.1 Å². The first kappa shape index (κ1) is 27.6. The number of nitrogens with zero attached hydrogens (tertiary/aromatic N) is 1. The Morgan fingerprint density at radius 1 is 1.06 bits per heavy atom. The van der Waals surface area contributed by atoms with E-state index in [1.54, 1.807) is 11.3 Å². The highest BCUT2D eigenvalue weighted by Crippen LogP contribution is 2.33. The number of allylic oxidation sites excluding steroid dienone is 1. The zero-order valence-corrected chi connectivity index (χ0v) is 22.1. The minimum absolute atomic E-state index is 0.229. The van der Waals surface area contributed by atoms with Gasteiger partial charge in [-0.1, -0.05) is 60.1 Å². The summed E-state index contributed by atoms with van der Waals surface area (Å²) in [6.07, 6.45) is 10.4. The smallest absolute Gasteiger partial charge is 0.303 e. The maximum Gasteiger partial charge on any atom is 0.303 e. The molecule has 31 heavy (non-hydrogen) atoms. The Bertz CT molecular complexity index is 719. The second-order valence-electron chi connectivity index (χ2n) is 9.71. The van der Waals surface area contributed by atoms with Gasteiger partial charge in [-0.25, -0.2) is 4.98 Å². The van der Waals surface area contributed by atoms with Crippen molar-refractivity contribution in [3.63, 3.8) is 0 Å². The molecule has 0 amide bonds. The number of carbonyl (C=O) groups excluding carboxylic acids is 1. The number of ether oxygens (including phenoxy) is 1. The van der Waals surface area contributed by atoms with Gasteiger partial charge in [-0.2, -0.15) is 0 Å². The molecule has 1 rings (SSSR count). The number of hydrogen-bond donors (Lipinski definition) is 0. The van der Waals surface area contributed by atoms with Crippen LogP contribution in [0.5, 0.6) is 0 Å². The van der Waals surface area contributed by atoms with Gasteiger partial charge >= 0.3 is 5.97 Å². The molecule has 0 spiro atoms. The highest BCUT2D eigenvalue weighted by molar-refractivity contribution is 7.09. The van der Waals surface area contributed by atoms with Gasteiger partial charge in [0.2, 0.25) is 0 Å². The highest BCUT2D eigenvalue weighted by atomic mass is 32.1. The third kappa shape index (κ3) is 10.2. The number of carbonyl (C=O) groups is 1.